The predicted molar refractivity (Wildman–Crippen MR) is 74.8 cm³/mol. The lowest BCUT2D eigenvalue weighted by atomic mass is 10.2. The highest BCUT2D eigenvalue weighted by Gasteiger charge is 2.23. The van der Waals surface area contributed by atoms with Crippen LogP contribution in [-0.4, -0.2) is 48.8 Å². The van der Waals surface area contributed by atoms with E-state index < -0.39 is 9.84 Å². The highest BCUT2D eigenvalue weighted by atomic mass is 32.2. The van der Waals surface area contributed by atoms with Crippen LogP contribution in [0.15, 0.2) is 29.4 Å². The summed E-state index contributed by atoms with van der Waals surface area (Å²) in [5, 5.41) is 3.74. The van der Waals surface area contributed by atoms with Gasteiger partial charge in [0.15, 0.2) is 5.82 Å². The summed E-state index contributed by atoms with van der Waals surface area (Å²) in [5.41, 5.74) is 0.773. The normalized spacial score (nSPS) is 17.7. The molecule has 2 heterocycles. The summed E-state index contributed by atoms with van der Waals surface area (Å²) in [7, 11) is -1.75. The third kappa shape index (κ3) is 3.22. The van der Waals surface area contributed by atoms with E-state index >= 15 is 0 Å². The molecule has 7 nitrogen and oxygen atoms in total. The molecule has 112 valence electrons. The van der Waals surface area contributed by atoms with Gasteiger partial charge >= 0.3 is 0 Å². The van der Waals surface area contributed by atoms with Crippen molar-refractivity contribution in [2.75, 3.05) is 19.5 Å². The van der Waals surface area contributed by atoms with Gasteiger partial charge < -0.3 is 9.47 Å². The fourth-order valence-electron chi connectivity index (χ4n) is 1.82. The van der Waals surface area contributed by atoms with Gasteiger partial charge in [-0.3, -0.25) is 0 Å². The topological polar surface area (TPSA) is 86.6 Å². The minimum absolute atomic E-state index is 0.175. The monoisotopic (exact) mass is 309 g/mol. The SMILES string of the molecule is Cn1nc(S(C)(=O)=O)nc1-c1ccc(OCC2CO2)cc1. The van der Waals surface area contributed by atoms with E-state index in [9.17, 15) is 8.42 Å². The number of benzene rings is 1. The number of sulfone groups is 1. The van der Waals surface area contributed by atoms with Crippen LogP contribution in [0.25, 0.3) is 11.4 Å². The molecule has 1 fully saturated rings. The summed E-state index contributed by atoms with van der Waals surface area (Å²) in [6.07, 6.45) is 1.30. The minimum atomic E-state index is -3.41. The first-order chi connectivity index (χ1) is 9.93. The maximum absolute atomic E-state index is 11.5. The van der Waals surface area contributed by atoms with Gasteiger partial charge in [-0.15, -0.1) is 5.10 Å². The molecular weight excluding hydrogens is 294 g/mol. The first-order valence-corrected chi connectivity index (χ1v) is 8.28. The van der Waals surface area contributed by atoms with Gasteiger partial charge in [0.2, 0.25) is 9.84 Å². The van der Waals surface area contributed by atoms with Crippen molar-refractivity contribution in [3.05, 3.63) is 24.3 Å². The molecule has 21 heavy (non-hydrogen) atoms. The van der Waals surface area contributed by atoms with Crippen molar-refractivity contribution in [2.24, 2.45) is 7.05 Å². The molecule has 1 atom stereocenters. The Kier molecular flexibility index (Phi) is 3.42. The van der Waals surface area contributed by atoms with Crippen molar-refractivity contribution in [3.8, 4) is 17.1 Å². The van der Waals surface area contributed by atoms with Gasteiger partial charge in [-0.25, -0.2) is 13.1 Å². The largest absolute Gasteiger partial charge is 0.491 e. The Hall–Kier alpha value is -1.93. The molecule has 0 N–H and O–H groups in total. The summed E-state index contributed by atoms with van der Waals surface area (Å²) in [5.74, 6) is 1.23. The molecule has 0 amide bonds. The Bertz CT molecular complexity index is 748. The summed E-state index contributed by atoms with van der Waals surface area (Å²) < 4.78 is 35.0. The lowest BCUT2D eigenvalue weighted by Crippen LogP contribution is -2.03. The number of epoxide rings is 1. The third-order valence-corrected chi connectivity index (χ3v) is 3.86. The Morgan fingerprint density at radius 2 is 2.05 bits per heavy atom. The Morgan fingerprint density at radius 1 is 1.38 bits per heavy atom. The highest BCUT2D eigenvalue weighted by Crippen LogP contribution is 2.22. The van der Waals surface area contributed by atoms with Gasteiger partial charge in [0.1, 0.15) is 18.5 Å². The molecule has 0 aliphatic carbocycles. The van der Waals surface area contributed by atoms with E-state index in [2.05, 4.69) is 10.1 Å². The molecular formula is C13H15N3O4S. The standard InChI is InChI=1S/C13H15N3O4S/c1-16-12(14-13(15-16)21(2,17)18)9-3-5-10(6-4-9)19-7-11-8-20-11/h3-6,11H,7-8H2,1-2H3. The van der Waals surface area contributed by atoms with Gasteiger partial charge in [-0.1, -0.05) is 0 Å². The fraction of sp³-hybridized carbons (Fsp3) is 0.385. The quantitative estimate of drug-likeness (QED) is 0.754. The van der Waals surface area contributed by atoms with E-state index in [4.69, 9.17) is 9.47 Å². The number of hydrogen-bond donors (Lipinski definition) is 0. The summed E-state index contributed by atoms with van der Waals surface area (Å²) in [6, 6.07) is 7.26. The Morgan fingerprint density at radius 3 is 2.57 bits per heavy atom. The van der Waals surface area contributed by atoms with Crippen molar-refractivity contribution < 1.29 is 17.9 Å². The maximum atomic E-state index is 11.5. The molecule has 0 saturated carbocycles. The molecule has 0 spiro atoms. The smallest absolute Gasteiger partial charge is 0.267 e. The predicted octanol–water partition coefficient (Wildman–Crippen LogP) is 0.663. The lowest BCUT2D eigenvalue weighted by molar-refractivity contribution is 0.263. The Labute approximate surface area is 122 Å². The summed E-state index contributed by atoms with van der Waals surface area (Å²) >= 11 is 0. The molecule has 2 aromatic rings. The van der Waals surface area contributed by atoms with Crippen molar-refractivity contribution >= 4 is 9.84 Å². The van der Waals surface area contributed by atoms with E-state index in [1.807, 2.05) is 24.3 Å². The first kappa shape index (κ1) is 14.0. The van der Waals surface area contributed by atoms with E-state index in [0.717, 1.165) is 24.2 Å². The highest BCUT2D eigenvalue weighted by molar-refractivity contribution is 7.90. The molecule has 0 bridgehead atoms. The molecule has 1 aliphatic rings. The molecule has 1 aliphatic heterocycles. The van der Waals surface area contributed by atoms with Crippen LogP contribution in [0.1, 0.15) is 0 Å². The van der Waals surface area contributed by atoms with Crippen molar-refractivity contribution in [2.45, 2.75) is 11.3 Å². The number of rotatable bonds is 5. The maximum Gasteiger partial charge on any atom is 0.267 e. The van der Waals surface area contributed by atoms with Crippen LogP contribution in [0.4, 0.5) is 0 Å². The average molecular weight is 309 g/mol. The molecule has 1 unspecified atom stereocenters. The van der Waals surface area contributed by atoms with Crippen molar-refractivity contribution in [3.63, 3.8) is 0 Å². The van der Waals surface area contributed by atoms with Gasteiger partial charge in [0.25, 0.3) is 5.16 Å². The van der Waals surface area contributed by atoms with Crippen LogP contribution >= 0.6 is 0 Å². The fourth-order valence-corrected chi connectivity index (χ4v) is 2.35. The molecule has 1 aromatic carbocycles. The van der Waals surface area contributed by atoms with Gasteiger partial charge in [-0.05, 0) is 24.3 Å². The van der Waals surface area contributed by atoms with Crippen molar-refractivity contribution in [1.29, 1.82) is 0 Å². The van der Waals surface area contributed by atoms with Crippen LogP contribution in [-0.2, 0) is 21.6 Å². The minimum Gasteiger partial charge on any atom is -0.491 e. The second-order valence-corrected chi connectivity index (χ2v) is 6.81. The van der Waals surface area contributed by atoms with Crippen LogP contribution in [0.3, 0.4) is 0 Å². The van der Waals surface area contributed by atoms with Gasteiger partial charge in [-0.2, -0.15) is 4.98 Å². The number of nitrogens with zero attached hydrogens (tertiary/aromatic N) is 3. The summed E-state index contributed by atoms with van der Waals surface area (Å²) in [4.78, 5) is 4.07. The van der Waals surface area contributed by atoms with Crippen molar-refractivity contribution in [1.82, 2.24) is 14.8 Å². The van der Waals surface area contributed by atoms with E-state index in [-0.39, 0.29) is 11.3 Å². The number of aromatic nitrogens is 3. The zero-order valence-corrected chi connectivity index (χ0v) is 12.5. The van der Waals surface area contributed by atoms with E-state index in [1.54, 1.807) is 7.05 Å². The van der Waals surface area contributed by atoms with Crippen LogP contribution in [0.5, 0.6) is 5.75 Å². The summed E-state index contributed by atoms with van der Waals surface area (Å²) in [6.45, 7) is 1.30. The van der Waals surface area contributed by atoms with Crippen LogP contribution < -0.4 is 4.74 Å². The lowest BCUT2D eigenvalue weighted by Gasteiger charge is -2.05. The Balaban J connectivity index is 1.81. The van der Waals surface area contributed by atoms with Crippen LogP contribution in [0, 0.1) is 0 Å². The number of hydrogen-bond acceptors (Lipinski definition) is 6. The molecule has 0 radical (unpaired) electrons. The molecule has 1 saturated heterocycles. The zero-order valence-electron chi connectivity index (χ0n) is 11.7. The molecule has 1 aromatic heterocycles. The molecule has 8 heteroatoms. The number of ether oxygens (including phenoxy) is 2. The van der Waals surface area contributed by atoms with Crippen LogP contribution in [0.2, 0.25) is 0 Å². The second-order valence-electron chi connectivity index (χ2n) is 4.90. The molecule has 3 rings (SSSR count). The van der Waals surface area contributed by atoms with Gasteiger partial charge in [0, 0.05) is 18.9 Å². The second kappa shape index (κ2) is 5.12. The number of aryl methyl sites for hydroxylation is 1. The van der Waals surface area contributed by atoms with E-state index in [1.165, 1.54) is 4.68 Å². The van der Waals surface area contributed by atoms with E-state index in [0.29, 0.717) is 12.4 Å². The zero-order chi connectivity index (χ0) is 15.0. The third-order valence-electron chi connectivity index (χ3n) is 3.03. The van der Waals surface area contributed by atoms with Gasteiger partial charge in [0.05, 0.1) is 6.61 Å². The average Bonchev–Trinajstić information content (AvgIpc) is 3.17. The first-order valence-electron chi connectivity index (χ1n) is 6.39.